The highest BCUT2D eigenvalue weighted by Gasteiger charge is 2.11. The van der Waals surface area contributed by atoms with Crippen molar-refractivity contribution in [3.8, 4) is 17.2 Å². The van der Waals surface area contributed by atoms with Gasteiger partial charge in [0.15, 0.2) is 11.5 Å². The molecule has 0 spiro atoms. The van der Waals surface area contributed by atoms with Crippen LogP contribution in [0.4, 0.5) is 0 Å². The van der Waals surface area contributed by atoms with E-state index in [4.69, 9.17) is 14.2 Å². The number of halogens is 1. The van der Waals surface area contributed by atoms with E-state index in [1.165, 1.54) is 26.5 Å². The second-order valence-electron chi connectivity index (χ2n) is 6.62. The van der Waals surface area contributed by atoms with Crippen LogP contribution in [0.2, 0.25) is 0 Å². The molecule has 0 bridgehead atoms. The Morgan fingerprint density at radius 3 is 2.36 bits per heavy atom. The summed E-state index contributed by atoms with van der Waals surface area (Å²) in [4.78, 5) is 24.7. The van der Waals surface area contributed by atoms with Crippen molar-refractivity contribution < 1.29 is 23.8 Å². The third-order valence-corrected chi connectivity index (χ3v) is 4.90. The minimum absolute atomic E-state index is 0.296. The van der Waals surface area contributed by atoms with Crippen molar-refractivity contribution in [1.82, 2.24) is 5.43 Å². The summed E-state index contributed by atoms with van der Waals surface area (Å²) in [7, 11) is 3.00. The number of nitrogens with one attached hydrogen (secondary N) is 1. The zero-order valence-corrected chi connectivity index (χ0v) is 19.5. The Bertz CT molecular complexity index is 1190. The minimum atomic E-state index is -0.537. The number of ether oxygens (including phenoxy) is 3. The molecule has 0 aliphatic rings. The molecular formula is C25H21BrN2O5. The second kappa shape index (κ2) is 11.6. The van der Waals surface area contributed by atoms with E-state index in [1.807, 2.05) is 30.3 Å². The molecule has 0 aliphatic heterocycles. The van der Waals surface area contributed by atoms with E-state index in [0.717, 1.165) is 10.0 Å². The Balaban J connectivity index is 1.69. The second-order valence-corrected chi connectivity index (χ2v) is 7.53. The maximum Gasteiger partial charge on any atom is 0.336 e. The number of hydrogen-bond donors (Lipinski definition) is 1. The lowest BCUT2D eigenvalue weighted by Gasteiger charge is -2.09. The number of benzene rings is 3. The molecule has 0 saturated carbocycles. The number of amides is 1. The number of nitrogens with zero attached hydrogens (tertiary/aromatic N) is 1. The van der Waals surface area contributed by atoms with Crippen LogP contribution in [-0.4, -0.2) is 32.3 Å². The average molecular weight is 509 g/mol. The number of rotatable bonds is 8. The molecule has 3 rings (SSSR count). The summed E-state index contributed by atoms with van der Waals surface area (Å²) < 4.78 is 16.6. The van der Waals surface area contributed by atoms with Gasteiger partial charge in [0.25, 0.3) is 5.91 Å². The first-order valence-corrected chi connectivity index (χ1v) is 10.6. The van der Waals surface area contributed by atoms with Crippen LogP contribution in [0, 0.1) is 0 Å². The van der Waals surface area contributed by atoms with Crippen LogP contribution in [0.5, 0.6) is 17.2 Å². The fourth-order valence-corrected chi connectivity index (χ4v) is 3.17. The third kappa shape index (κ3) is 6.78. The van der Waals surface area contributed by atoms with E-state index < -0.39 is 11.9 Å². The van der Waals surface area contributed by atoms with Crippen LogP contribution in [0.3, 0.4) is 0 Å². The van der Waals surface area contributed by atoms with Crippen LogP contribution in [0.1, 0.15) is 21.5 Å². The highest BCUT2D eigenvalue weighted by molar-refractivity contribution is 9.10. The summed E-state index contributed by atoms with van der Waals surface area (Å²) in [6.07, 6.45) is 4.41. The molecule has 0 fully saturated rings. The number of carbonyl (C=O) groups excluding carboxylic acids is 2. The smallest absolute Gasteiger partial charge is 0.336 e. The Morgan fingerprint density at radius 1 is 0.909 bits per heavy atom. The van der Waals surface area contributed by atoms with Crippen molar-refractivity contribution in [2.24, 2.45) is 5.10 Å². The number of hydrazone groups is 1. The predicted octanol–water partition coefficient (Wildman–Crippen LogP) is 4.85. The van der Waals surface area contributed by atoms with Gasteiger partial charge in [0.1, 0.15) is 5.75 Å². The lowest BCUT2D eigenvalue weighted by atomic mass is 10.2. The Morgan fingerprint density at radius 2 is 1.64 bits per heavy atom. The fraction of sp³-hybridized carbons (Fsp3) is 0.0800. The quantitative estimate of drug-likeness (QED) is 0.154. The van der Waals surface area contributed by atoms with Crippen molar-refractivity contribution in [1.29, 1.82) is 0 Å². The molecular weight excluding hydrogens is 488 g/mol. The summed E-state index contributed by atoms with van der Waals surface area (Å²) >= 11 is 3.38. The highest BCUT2D eigenvalue weighted by atomic mass is 79.9. The molecule has 0 aromatic heterocycles. The summed E-state index contributed by atoms with van der Waals surface area (Å²) in [6.45, 7) is 0. The summed E-state index contributed by atoms with van der Waals surface area (Å²) in [6, 6.07) is 19.3. The maximum absolute atomic E-state index is 12.4. The number of hydrogen-bond acceptors (Lipinski definition) is 6. The van der Waals surface area contributed by atoms with Gasteiger partial charge in [-0.05, 0) is 48.0 Å². The van der Waals surface area contributed by atoms with E-state index in [2.05, 4.69) is 26.5 Å². The van der Waals surface area contributed by atoms with Crippen LogP contribution >= 0.6 is 15.9 Å². The Hall–Kier alpha value is -3.91. The number of carbonyl (C=O) groups is 2. The molecule has 0 unspecified atom stereocenters. The third-order valence-electron chi connectivity index (χ3n) is 4.41. The van der Waals surface area contributed by atoms with Crippen LogP contribution < -0.4 is 19.6 Å². The summed E-state index contributed by atoms with van der Waals surface area (Å²) in [5, 5.41) is 3.99. The monoisotopic (exact) mass is 508 g/mol. The van der Waals surface area contributed by atoms with E-state index in [9.17, 15) is 9.59 Å². The standard InChI is InChI=1S/C25H21BrN2O5/c1-31-22-11-9-18(15-23(22)32-2)25(30)28-27-16-19-14-20(26)10-12-21(19)33-24(29)13-8-17-6-4-3-5-7-17/h3-16H,1-2H3,(H,28,30)/b13-8+,27-16-. The minimum Gasteiger partial charge on any atom is -0.493 e. The van der Waals surface area contributed by atoms with Crippen molar-refractivity contribution in [2.45, 2.75) is 0 Å². The maximum atomic E-state index is 12.4. The fourth-order valence-electron chi connectivity index (χ4n) is 2.79. The van der Waals surface area contributed by atoms with Gasteiger partial charge in [0, 0.05) is 21.7 Å². The highest BCUT2D eigenvalue weighted by Crippen LogP contribution is 2.27. The van der Waals surface area contributed by atoms with Crippen molar-refractivity contribution in [2.75, 3.05) is 14.2 Å². The Labute approximate surface area is 199 Å². The molecule has 0 saturated heterocycles. The van der Waals surface area contributed by atoms with E-state index >= 15 is 0 Å². The van der Waals surface area contributed by atoms with Crippen LogP contribution in [-0.2, 0) is 4.79 Å². The SMILES string of the molecule is COc1ccc(C(=O)N/N=C\c2cc(Br)ccc2OC(=O)/C=C/c2ccccc2)cc1OC. The number of esters is 1. The molecule has 0 atom stereocenters. The summed E-state index contributed by atoms with van der Waals surface area (Å²) in [5.74, 6) is 0.264. The molecule has 3 aromatic rings. The van der Waals surface area contributed by atoms with E-state index in [0.29, 0.717) is 28.4 Å². The van der Waals surface area contributed by atoms with Crippen molar-refractivity contribution in [3.63, 3.8) is 0 Å². The van der Waals surface area contributed by atoms with Gasteiger partial charge in [-0.25, -0.2) is 10.2 Å². The van der Waals surface area contributed by atoms with Crippen molar-refractivity contribution >= 4 is 40.1 Å². The van der Waals surface area contributed by atoms with Gasteiger partial charge in [0.2, 0.25) is 0 Å². The Kier molecular flexibility index (Phi) is 8.37. The van der Waals surface area contributed by atoms with Gasteiger partial charge >= 0.3 is 5.97 Å². The zero-order chi connectivity index (χ0) is 23.6. The van der Waals surface area contributed by atoms with Gasteiger partial charge in [-0.1, -0.05) is 46.3 Å². The van der Waals surface area contributed by atoms with E-state index in [-0.39, 0.29) is 0 Å². The molecule has 3 aromatic carbocycles. The first-order chi connectivity index (χ1) is 16.0. The molecule has 0 radical (unpaired) electrons. The largest absolute Gasteiger partial charge is 0.493 e. The van der Waals surface area contributed by atoms with E-state index in [1.54, 1.807) is 42.5 Å². The molecule has 0 aliphatic carbocycles. The van der Waals surface area contributed by atoms with Crippen LogP contribution in [0.25, 0.3) is 6.08 Å². The molecule has 168 valence electrons. The number of methoxy groups -OCH3 is 2. The lowest BCUT2D eigenvalue weighted by molar-refractivity contribution is -0.128. The topological polar surface area (TPSA) is 86.2 Å². The first kappa shape index (κ1) is 23.7. The molecule has 7 nitrogen and oxygen atoms in total. The van der Waals surface area contributed by atoms with Gasteiger partial charge in [0.05, 0.1) is 20.4 Å². The molecule has 33 heavy (non-hydrogen) atoms. The molecule has 8 heteroatoms. The van der Waals surface area contributed by atoms with Gasteiger partial charge < -0.3 is 14.2 Å². The predicted molar refractivity (Wildman–Crippen MR) is 130 cm³/mol. The van der Waals surface area contributed by atoms with Gasteiger partial charge in [-0.2, -0.15) is 5.10 Å². The van der Waals surface area contributed by atoms with Gasteiger partial charge in [-0.3, -0.25) is 4.79 Å². The first-order valence-electron chi connectivity index (χ1n) is 9.80. The molecule has 0 heterocycles. The molecule has 1 N–H and O–H groups in total. The molecule has 1 amide bonds. The lowest BCUT2D eigenvalue weighted by Crippen LogP contribution is -2.17. The average Bonchev–Trinajstić information content (AvgIpc) is 2.84. The van der Waals surface area contributed by atoms with Crippen molar-refractivity contribution in [3.05, 3.63) is 94.0 Å². The normalized spacial score (nSPS) is 10.9. The zero-order valence-electron chi connectivity index (χ0n) is 17.9. The summed E-state index contributed by atoms with van der Waals surface area (Å²) in [5.41, 5.74) is 4.17. The van der Waals surface area contributed by atoms with Crippen LogP contribution in [0.15, 0.2) is 82.4 Å². The van der Waals surface area contributed by atoms with Gasteiger partial charge in [-0.15, -0.1) is 0 Å².